The molecule has 0 amide bonds. The van der Waals surface area contributed by atoms with Gasteiger partial charge in [0.2, 0.25) is 0 Å². The fourth-order valence-electron chi connectivity index (χ4n) is 3.65. The molecular formula is C15H27NO3. The molecular weight excluding hydrogens is 242 g/mol. The third-order valence-electron chi connectivity index (χ3n) is 4.56. The molecule has 0 radical (unpaired) electrons. The lowest BCUT2D eigenvalue weighted by Gasteiger charge is -2.33. The highest BCUT2D eigenvalue weighted by atomic mass is 16.7. The third-order valence-corrected chi connectivity index (χ3v) is 4.56. The monoisotopic (exact) mass is 269 g/mol. The highest BCUT2D eigenvalue weighted by molar-refractivity contribution is 4.85. The highest BCUT2D eigenvalue weighted by Gasteiger charge is 2.43. The van der Waals surface area contributed by atoms with E-state index in [9.17, 15) is 0 Å². The molecule has 4 heteroatoms. The lowest BCUT2D eigenvalue weighted by molar-refractivity contribution is -0.189. The van der Waals surface area contributed by atoms with Crippen LogP contribution in [0.3, 0.4) is 0 Å². The smallest absolute Gasteiger partial charge is 0.168 e. The molecule has 4 nitrogen and oxygen atoms in total. The Hall–Kier alpha value is -0.160. The molecule has 3 fully saturated rings. The van der Waals surface area contributed by atoms with Crippen molar-refractivity contribution >= 4 is 0 Å². The SMILES string of the molecule is CC(C)[C@@H]1OCCN1C[C@H]1COC2(CCCCC2)O1. The molecule has 0 bridgehead atoms. The van der Waals surface area contributed by atoms with Gasteiger partial charge in [-0.05, 0) is 18.8 Å². The molecule has 1 saturated carbocycles. The molecule has 0 aromatic heterocycles. The Morgan fingerprint density at radius 2 is 2.00 bits per heavy atom. The Balaban J connectivity index is 1.54. The van der Waals surface area contributed by atoms with Gasteiger partial charge in [0, 0.05) is 25.9 Å². The summed E-state index contributed by atoms with van der Waals surface area (Å²) in [6.07, 6.45) is 6.45. The van der Waals surface area contributed by atoms with Gasteiger partial charge in [-0.2, -0.15) is 0 Å². The summed E-state index contributed by atoms with van der Waals surface area (Å²) in [5, 5.41) is 0. The van der Waals surface area contributed by atoms with Crippen LogP contribution in [0.1, 0.15) is 46.0 Å². The molecule has 2 saturated heterocycles. The van der Waals surface area contributed by atoms with Gasteiger partial charge in [0.15, 0.2) is 5.79 Å². The zero-order chi connectivity index (χ0) is 13.3. The zero-order valence-electron chi connectivity index (χ0n) is 12.3. The van der Waals surface area contributed by atoms with Crippen molar-refractivity contribution in [1.29, 1.82) is 0 Å². The summed E-state index contributed by atoms with van der Waals surface area (Å²) in [5.41, 5.74) is 0. The van der Waals surface area contributed by atoms with E-state index < -0.39 is 0 Å². The van der Waals surface area contributed by atoms with Crippen LogP contribution in [-0.2, 0) is 14.2 Å². The van der Waals surface area contributed by atoms with E-state index in [0.29, 0.717) is 5.92 Å². The van der Waals surface area contributed by atoms with Crippen molar-refractivity contribution in [1.82, 2.24) is 4.90 Å². The number of hydrogen-bond donors (Lipinski definition) is 0. The summed E-state index contributed by atoms with van der Waals surface area (Å²) >= 11 is 0. The molecule has 1 aliphatic carbocycles. The van der Waals surface area contributed by atoms with E-state index in [0.717, 1.165) is 39.1 Å². The lowest BCUT2D eigenvalue weighted by atomic mass is 9.94. The second kappa shape index (κ2) is 5.68. The number of hydrogen-bond acceptors (Lipinski definition) is 4. The molecule has 19 heavy (non-hydrogen) atoms. The van der Waals surface area contributed by atoms with E-state index >= 15 is 0 Å². The van der Waals surface area contributed by atoms with Crippen molar-refractivity contribution in [3.63, 3.8) is 0 Å². The summed E-state index contributed by atoms with van der Waals surface area (Å²) in [6, 6.07) is 0. The molecule has 2 atom stereocenters. The molecule has 2 heterocycles. The van der Waals surface area contributed by atoms with Crippen LogP contribution in [0.2, 0.25) is 0 Å². The van der Waals surface area contributed by atoms with E-state index in [-0.39, 0.29) is 18.1 Å². The normalized spacial score (nSPS) is 35.5. The molecule has 0 N–H and O–H groups in total. The molecule has 3 aliphatic rings. The Morgan fingerprint density at radius 3 is 2.74 bits per heavy atom. The van der Waals surface area contributed by atoms with Crippen LogP contribution in [0, 0.1) is 5.92 Å². The molecule has 0 unspecified atom stereocenters. The first kappa shape index (κ1) is 13.8. The predicted octanol–water partition coefficient (Wildman–Crippen LogP) is 2.38. The van der Waals surface area contributed by atoms with Crippen LogP contribution in [-0.4, -0.2) is 49.3 Å². The predicted molar refractivity (Wildman–Crippen MR) is 72.8 cm³/mol. The summed E-state index contributed by atoms with van der Waals surface area (Å²) in [5.74, 6) is 0.296. The summed E-state index contributed by atoms with van der Waals surface area (Å²) in [4.78, 5) is 2.42. The largest absolute Gasteiger partial charge is 0.362 e. The minimum atomic E-state index is -0.239. The maximum Gasteiger partial charge on any atom is 0.168 e. The van der Waals surface area contributed by atoms with Crippen LogP contribution in [0.5, 0.6) is 0 Å². The van der Waals surface area contributed by atoms with Gasteiger partial charge < -0.3 is 14.2 Å². The minimum Gasteiger partial charge on any atom is -0.362 e. The van der Waals surface area contributed by atoms with Crippen molar-refractivity contribution in [3.05, 3.63) is 0 Å². The molecule has 2 aliphatic heterocycles. The molecule has 0 aromatic rings. The Labute approximate surface area is 116 Å². The quantitative estimate of drug-likeness (QED) is 0.787. The summed E-state index contributed by atoms with van der Waals surface area (Å²) < 4.78 is 18.1. The second-order valence-corrected chi connectivity index (χ2v) is 6.52. The second-order valence-electron chi connectivity index (χ2n) is 6.52. The van der Waals surface area contributed by atoms with Crippen LogP contribution in [0.25, 0.3) is 0 Å². The van der Waals surface area contributed by atoms with Gasteiger partial charge >= 0.3 is 0 Å². The van der Waals surface area contributed by atoms with Gasteiger partial charge in [-0.15, -0.1) is 0 Å². The van der Waals surface area contributed by atoms with Crippen LogP contribution in [0.4, 0.5) is 0 Å². The summed E-state index contributed by atoms with van der Waals surface area (Å²) in [6.45, 7) is 8.01. The van der Waals surface area contributed by atoms with E-state index in [4.69, 9.17) is 14.2 Å². The van der Waals surface area contributed by atoms with E-state index in [1.165, 1.54) is 19.3 Å². The lowest BCUT2D eigenvalue weighted by Crippen LogP contribution is -2.41. The van der Waals surface area contributed by atoms with Gasteiger partial charge in [0.1, 0.15) is 6.23 Å². The molecule has 3 rings (SSSR count). The minimum absolute atomic E-state index is 0.223. The van der Waals surface area contributed by atoms with E-state index in [2.05, 4.69) is 18.7 Å². The average molecular weight is 269 g/mol. The van der Waals surface area contributed by atoms with E-state index in [1.807, 2.05) is 0 Å². The standard InChI is InChI=1S/C15H27NO3/c1-12(2)14-16(8-9-17-14)10-13-11-18-15(19-13)6-4-3-5-7-15/h12-14H,3-11H2,1-2H3/t13-,14-/m0/s1. The van der Waals surface area contributed by atoms with Crippen molar-refractivity contribution in [3.8, 4) is 0 Å². The maximum atomic E-state index is 6.26. The van der Waals surface area contributed by atoms with Crippen LogP contribution in [0.15, 0.2) is 0 Å². The average Bonchev–Trinajstić information content (AvgIpc) is 2.99. The fraction of sp³-hybridized carbons (Fsp3) is 1.00. The number of nitrogens with zero attached hydrogens (tertiary/aromatic N) is 1. The zero-order valence-corrected chi connectivity index (χ0v) is 12.3. The first-order valence-corrected chi connectivity index (χ1v) is 7.86. The Kier molecular flexibility index (Phi) is 4.13. The molecule has 110 valence electrons. The van der Waals surface area contributed by atoms with Crippen molar-refractivity contribution in [2.24, 2.45) is 5.92 Å². The molecule has 0 aromatic carbocycles. The van der Waals surface area contributed by atoms with Gasteiger partial charge in [0.05, 0.1) is 19.3 Å². The maximum absolute atomic E-state index is 6.26. The first-order chi connectivity index (χ1) is 9.19. The van der Waals surface area contributed by atoms with Crippen LogP contribution < -0.4 is 0 Å². The number of rotatable bonds is 3. The highest BCUT2D eigenvalue weighted by Crippen LogP contribution is 2.38. The van der Waals surface area contributed by atoms with Crippen molar-refractivity contribution < 1.29 is 14.2 Å². The topological polar surface area (TPSA) is 30.9 Å². The first-order valence-electron chi connectivity index (χ1n) is 7.86. The molecule has 1 spiro atoms. The Morgan fingerprint density at radius 1 is 1.21 bits per heavy atom. The third kappa shape index (κ3) is 2.97. The number of ether oxygens (including phenoxy) is 3. The van der Waals surface area contributed by atoms with Crippen molar-refractivity contribution in [2.75, 3.05) is 26.3 Å². The fourth-order valence-corrected chi connectivity index (χ4v) is 3.65. The van der Waals surface area contributed by atoms with Crippen LogP contribution >= 0.6 is 0 Å². The van der Waals surface area contributed by atoms with Crippen molar-refractivity contribution in [2.45, 2.75) is 64.1 Å². The van der Waals surface area contributed by atoms with Gasteiger partial charge in [0.25, 0.3) is 0 Å². The summed E-state index contributed by atoms with van der Waals surface area (Å²) in [7, 11) is 0. The van der Waals surface area contributed by atoms with Gasteiger partial charge in [-0.1, -0.05) is 20.3 Å². The Bertz CT molecular complexity index is 302. The van der Waals surface area contributed by atoms with Gasteiger partial charge in [-0.3, -0.25) is 4.90 Å². The van der Waals surface area contributed by atoms with E-state index in [1.54, 1.807) is 0 Å². The van der Waals surface area contributed by atoms with Gasteiger partial charge in [-0.25, -0.2) is 0 Å².